The Balaban J connectivity index is 1.79. The summed E-state index contributed by atoms with van der Waals surface area (Å²) in [5.74, 6) is 2.54. The van der Waals surface area contributed by atoms with Crippen LogP contribution in [0.2, 0.25) is 0 Å². The van der Waals surface area contributed by atoms with Crippen LogP contribution in [0.4, 0.5) is 0 Å². The smallest absolute Gasteiger partial charge is 0.271 e. The number of fused-ring (bicyclic) bond motifs is 3. The number of benzene rings is 1. The molecule has 0 saturated heterocycles. The van der Waals surface area contributed by atoms with Gasteiger partial charge in [0.15, 0.2) is 0 Å². The number of aromatic nitrogens is 1. The van der Waals surface area contributed by atoms with Gasteiger partial charge in [-0.15, -0.1) is 0 Å². The summed E-state index contributed by atoms with van der Waals surface area (Å²) in [5, 5.41) is 4.19. The van der Waals surface area contributed by atoms with E-state index in [0.717, 1.165) is 30.2 Å². The molecule has 2 heterocycles. The van der Waals surface area contributed by atoms with Crippen LogP contribution < -0.4 is 14.8 Å². The maximum Gasteiger partial charge on any atom is 0.271 e. The van der Waals surface area contributed by atoms with Crippen LogP contribution in [0.1, 0.15) is 70.8 Å². The third-order valence-corrected chi connectivity index (χ3v) is 8.39. The van der Waals surface area contributed by atoms with Crippen LogP contribution in [0.15, 0.2) is 18.2 Å². The third-order valence-electron chi connectivity index (χ3n) is 8.39. The van der Waals surface area contributed by atoms with Crippen LogP contribution >= 0.6 is 0 Å². The van der Waals surface area contributed by atoms with E-state index in [1.165, 1.54) is 6.42 Å². The molecule has 35 heavy (non-hydrogen) atoms. The van der Waals surface area contributed by atoms with Crippen LogP contribution in [-0.4, -0.2) is 53.6 Å². The van der Waals surface area contributed by atoms with Gasteiger partial charge in [0.05, 0.1) is 26.3 Å². The molecule has 2 aromatic rings. The zero-order chi connectivity index (χ0) is 25.5. The molecule has 0 radical (unpaired) electrons. The monoisotopic (exact) mass is 483 g/mol. The number of carbonyl (C=O) groups is 2. The number of amides is 2. The summed E-state index contributed by atoms with van der Waals surface area (Å²) in [6, 6.07) is 5.71. The van der Waals surface area contributed by atoms with Gasteiger partial charge in [0.1, 0.15) is 22.7 Å². The molecule has 2 aliphatic rings. The van der Waals surface area contributed by atoms with Gasteiger partial charge in [-0.05, 0) is 55.7 Å². The molecule has 1 aliphatic carbocycles. The zero-order valence-corrected chi connectivity index (χ0v) is 22.3. The average molecular weight is 484 g/mol. The van der Waals surface area contributed by atoms with Crippen molar-refractivity contribution in [2.75, 3.05) is 20.8 Å². The number of hydrogen-bond acceptors (Lipinski definition) is 4. The van der Waals surface area contributed by atoms with Gasteiger partial charge in [-0.2, -0.15) is 0 Å². The predicted molar refractivity (Wildman–Crippen MR) is 138 cm³/mol. The fourth-order valence-electron chi connectivity index (χ4n) is 5.80. The van der Waals surface area contributed by atoms with Crippen molar-refractivity contribution in [2.24, 2.45) is 17.8 Å². The molecule has 4 rings (SSSR count). The molecule has 1 aromatic carbocycles. The number of hydrogen-bond donors (Lipinski definition) is 1. The van der Waals surface area contributed by atoms with Crippen molar-refractivity contribution in [2.45, 2.75) is 78.4 Å². The van der Waals surface area contributed by atoms with Gasteiger partial charge >= 0.3 is 0 Å². The van der Waals surface area contributed by atoms with Crippen molar-refractivity contribution in [3.63, 3.8) is 0 Å². The maximum absolute atomic E-state index is 14.0. The standard InChI is InChI=1S/C28H41N3O4/c1-17(2)13-14-31-26(32)22-15-20-23(34-6)11-12-24(35-7)25(20)30(22)16-28(31,5)27(33)29-21-10-8-9-18(3)19(21)4/h11-12,15,17-19,21H,8-10,13-14,16H2,1-7H3,(H,29,33)/t18-,19+,21+,28+/m0/s1. The summed E-state index contributed by atoms with van der Waals surface area (Å²) in [7, 11) is 3.25. The lowest BCUT2D eigenvalue weighted by molar-refractivity contribution is -0.134. The van der Waals surface area contributed by atoms with Gasteiger partial charge in [-0.1, -0.05) is 40.5 Å². The topological polar surface area (TPSA) is 72.8 Å². The van der Waals surface area contributed by atoms with Crippen LogP contribution in [0.5, 0.6) is 11.5 Å². The Morgan fingerprint density at radius 3 is 2.51 bits per heavy atom. The SMILES string of the molecule is COc1ccc(OC)c2c1cc1n2C[C@](C)(C(=O)N[C@@H]2CCC[C@H](C)[C@H]2C)N(CCC(C)C)C1=O. The van der Waals surface area contributed by atoms with E-state index in [4.69, 9.17) is 9.47 Å². The van der Waals surface area contributed by atoms with Gasteiger partial charge in [-0.3, -0.25) is 9.59 Å². The van der Waals surface area contributed by atoms with Crippen LogP contribution in [0.3, 0.4) is 0 Å². The highest BCUT2D eigenvalue weighted by atomic mass is 16.5. The van der Waals surface area contributed by atoms with Crippen LogP contribution in [0.25, 0.3) is 10.9 Å². The molecule has 1 fully saturated rings. The normalized spacial score (nSPS) is 26.7. The summed E-state index contributed by atoms with van der Waals surface area (Å²) >= 11 is 0. The fourth-order valence-corrected chi connectivity index (χ4v) is 5.80. The van der Waals surface area contributed by atoms with Crippen molar-refractivity contribution < 1.29 is 19.1 Å². The average Bonchev–Trinajstić information content (AvgIpc) is 3.20. The number of rotatable bonds is 7. The molecule has 7 nitrogen and oxygen atoms in total. The van der Waals surface area contributed by atoms with Gasteiger partial charge in [0.2, 0.25) is 5.91 Å². The van der Waals surface area contributed by atoms with Gasteiger partial charge in [-0.25, -0.2) is 0 Å². The van der Waals surface area contributed by atoms with E-state index in [9.17, 15) is 9.59 Å². The molecule has 0 bridgehead atoms. The molecule has 0 spiro atoms. The van der Waals surface area contributed by atoms with E-state index in [0.29, 0.717) is 48.0 Å². The molecule has 1 saturated carbocycles. The maximum atomic E-state index is 14.0. The van der Waals surface area contributed by atoms with E-state index in [-0.39, 0.29) is 17.9 Å². The molecule has 7 heteroatoms. The Kier molecular flexibility index (Phi) is 7.07. The molecule has 192 valence electrons. The first-order valence-electron chi connectivity index (χ1n) is 13.0. The minimum atomic E-state index is -1.01. The van der Waals surface area contributed by atoms with E-state index < -0.39 is 5.54 Å². The van der Waals surface area contributed by atoms with Crippen LogP contribution in [-0.2, 0) is 11.3 Å². The summed E-state index contributed by atoms with van der Waals surface area (Å²) in [5.41, 5.74) is 0.341. The van der Waals surface area contributed by atoms with E-state index >= 15 is 0 Å². The minimum absolute atomic E-state index is 0.0741. The van der Waals surface area contributed by atoms with Gasteiger partial charge < -0.3 is 24.3 Å². The highest BCUT2D eigenvalue weighted by molar-refractivity contribution is 6.05. The molecule has 1 aliphatic heterocycles. The number of carbonyl (C=O) groups excluding carboxylic acids is 2. The molecule has 1 aromatic heterocycles. The Morgan fingerprint density at radius 1 is 1.17 bits per heavy atom. The van der Waals surface area contributed by atoms with Gasteiger partial charge in [0, 0.05) is 18.0 Å². The molecular formula is C28H41N3O4. The fraction of sp³-hybridized carbons (Fsp3) is 0.643. The van der Waals surface area contributed by atoms with Crippen molar-refractivity contribution in [1.29, 1.82) is 0 Å². The molecular weight excluding hydrogens is 442 g/mol. The minimum Gasteiger partial charge on any atom is -0.496 e. The lowest BCUT2D eigenvalue weighted by Crippen LogP contribution is -2.65. The lowest BCUT2D eigenvalue weighted by Gasteiger charge is -2.46. The number of nitrogens with zero attached hydrogens (tertiary/aromatic N) is 2. The largest absolute Gasteiger partial charge is 0.496 e. The quantitative estimate of drug-likeness (QED) is 0.610. The summed E-state index contributed by atoms with van der Waals surface area (Å²) in [6.45, 7) is 11.6. The highest BCUT2D eigenvalue weighted by Gasteiger charge is 2.48. The summed E-state index contributed by atoms with van der Waals surface area (Å²) in [6.07, 6.45) is 4.13. The highest BCUT2D eigenvalue weighted by Crippen LogP contribution is 2.40. The first-order valence-corrected chi connectivity index (χ1v) is 13.0. The van der Waals surface area contributed by atoms with Crippen molar-refractivity contribution in [3.8, 4) is 11.5 Å². The zero-order valence-electron chi connectivity index (χ0n) is 22.3. The molecule has 4 atom stereocenters. The number of methoxy groups -OCH3 is 2. The van der Waals surface area contributed by atoms with E-state index in [1.54, 1.807) is 19.1 Å². The van der Waals surface area contributed by atoms with Crippen molar-refractivity contribution in [1.82, 2.24) is 14.8 Å². The number of nitrogens with one attached hydrogen (secondary N) is 1. The Bertz CT molecular complexity index is 1110. The molecule has 1 N–H and O–H groups in total. The van der Waals surface area contributed by atoms with Gasteiger partial charge in [0.25, 0.3) is 5.91 Å². The predicted octanol–water partition coefficient (Wildman–Crippen LogP) is 4.86. The lowest BCUT2D eigenvalue weighted by atomic mass is 9.77. The molecule has 0 unspecified atom stereocenters. The first-order chi connectivity index (χ1) is 16.6. The molecule has 2 amide bonds. The second kappa shape index (κ2) is 9.75. The first kappa shape index (κ1) is 25.4. The second-order valence-electron chi connectivity index (χ2n) is 11.1. The Hall–Kier alpha value is -2.70. The Labute approximate surface area is 209 Å². The van der Waals surface area contributed by atoms with Crippen molar-refractivity contribution in [3.05, 3.63) is 23.9 Å². The van der Waals surface area contributed by atoms with Crippen molar-refractivity contribution >= 4 is 22.7 Å². The summed E-state index contributed by atoms with van der Waals surface area (Å²) < 4.78 is 13.2. The van der Waals surface area contributed by atoms with Crippen LogP contribution in [0, 0.1) is 17.8 Å². The Morgan fingerprint density at radius 2 is 1.86 bits per heavy atom. The second-order valence-corrected chi connectivity index (χ2v) is 11.1. The summed E-state index contributed by atoms with van der Waals surface area (Å²) in [4.78, 5) is 29.8. The van der Waals surface area contributed by atoms with E-state index in [1.807, 2.05) is 29.7 Å². The van der Waals surface area contributed by atoms with E-state index in [2.05, 4.69) is 33.0 Å². The number of ether oxygens (including phenoxy) is 2. The third kappa shape index (κ3) is 4.38.